The lowest BCUT2D eigenvalue weighted by molar-refractivity contribution is -0.118. The number of ether oxygens (including phenoxy) is 2. The molecule has 0 atom stereocenters. The predicted molar refractivity (Wildman–Crippen MR) is 120 cm³/mol. The topological polar surface area (TPSA) is 50.8 Å². The maximum Gasteiger partial charge on any atom is 0.262 e. The summed E-state index contributed by atoms with van der Waals surface area (Å²) in [6, 6.07) is 12.7. The minimum Gasteiger partial charge on any atom is -0.490 e. The van der Waals surface area contributed by atoms with Crippen molar-refractivity contribution in [3.8, 4) is 11.5 Å². The lowest BCUT2D eigenvalue weighted by Gasteiger charge is -2.29. The second-order valence-electron chi connectivity index (χ2n) is 6.76. The maximum absolute atomic E-state index is 12.2. The van der Waals surface area contributed by atoms with Gasteiger partial charge in [-0.2, -0.15) is 0 Å². The van der Waals surface area contributed by atoms with Crippen molar-refractivity contribution in [2.24, 2.45) is 0 Å². The van der Waals surface area contributed by atoms with Gasteiger partial charge < -0.3 is 19.7 Å². The number of para-hydroxylation sites is 1. The number of benzene rings is 2. The monoisotopic (exact) mass is 432 g/mol. The first-order valence-corrected chi connectivity index (χ1v) is 10.6. The Kier molecular flexibility index (Phi) is 7.72. The van der Waals surface area contributed by atoms with Crippen molar-refractivity contribution >= 4 is 40.4 Å². The number of nitrogens with zero attached hydrogens (tertiary/aromatic N) is 1. The SMILES string of the molecule is CCOc1cc(C(=S)N2CCCCC2)ccc1OCC(=O)Nc1ccccc1Cl. The maximum atomic E-state index is 12.2. The third kappa shape index (κ3) is 5.84. The molecule has 1 fully saturated rings. The Labute approximate surface area is 181 Å². The van der Waals surface area contributed by atoms with Crippen LogP contribution in [0.4, 0.5) is 5.69 Å². The first kappa shape index (κ1) is 21.4. The molecule has 2 aromatic carbocycles. The van der Waals surface area contributed by atoms with Crippen LogP contribution in [0, 0.1) is 0 Å². The number of carbonyl (C=O) groups is 1. The van der Waals surface area contributed by atoms with Crippen LogP contribution in [0.5, 0.6) is 11.5 Å². The van der Waals surface area contributed by atoms with Gasteiger partial charge in [0.05, 0.1) is 17.3 Å². The molecule has 1 aliphatic rings. The van der Waals surface area contributed by atoms with E-state index in [9.17, 15) is 4.79 Å². The molecule has 1 heterocycles. The van der Waals surface area contributed by atoms with Gasteiger partial charge in [0, 0.05) is 18.7 Å². The van der Waals surface area contributed by atoms with Crippen molar-refractivity contribution in [2.45, 2.75) is 26.2 Å². The summed E-state index contributed by atoms with van der Waals surface area (Å²) < 4.78 is 11.4. The van der Waals surface area contributed by atoms with Crippen LogP contribution in [0.25, 0.3) is 0 Å². The molecule has 29 heavy (non-hydrogen) atoms. The lowest BCUT2D eigenvalue weighted by Crippen LogP contribution is -2.34. The van der Waals surface area contributed by atoms with E-state index < -0.39 is 0 Å². The fraction of sp³-hybridized carbons (Fsp3) is 0.364. The van der Waals surface area contributed by atoms with Crippen LogP contribution in [0.3, 0.4) is 0 Å². The molecule has 1 saturated heterocycles. The van der Waals surface area contributed by atoms with E-state index >= 15 is 0 Å². The Bertz CT molecular complexity index is 869. The molecule has 154 valence electrons. The summed E-state index contributed by atoms with van der Waals surface area (Å²) in [5.41, 5.74) is 1.48. The van der Waals surface area contributed by atoms with Crippen molar-refractivity contribution in [1.82, 2.24) is 4.90 Å². The standard InChI is InChI=1S/C22H25ClN2O3S/c1-2-27-20-14-16(22(29)25-12-6-3-7-13-25)10-11-19(20)28-15-21(26)24-18-9-5-4-8-17(18)23/h4-5,8-11,14H,2-3,6-7,12-13,15H2,1H3,(H,24,26). The first-order valence-electron chi connectivity index (χ1n) is 9.81. The smallest absolute Gasteiger partial charge is 0.262 e. The first-order chi connectivity index (χ1) is 14.1. The van der Waals surface area contributed by atoms with E-state index in [1.165, 1.54) is 19.3 Å². The number of thiocarbonyl (C=S) groups is 1. The highest BCUT2D eigenvalue weighted by molar-refractivity contribution is 7.80. The van der Waals surface area contributed by atoms with Gasteiger partial charge >= 0.3 is 0 Å². The molecule has 7 heteroatoms. The van der Waals surface area contributed by atoms with Crippen LogP contribution in [0.15, 0.2) is 42.5 Å². The van der Waals surface area contributed by atoms with Crippen LogP contribution in [0.1, 0.15) is 31.7 Å². The van der Waals surface area contributed by atoms with Crippen LogP contribution in [-0.2, 0) is 4.79 Å². The number of halogens is 1. The number of piperidine rings is 1. The average molecular weight is 433 g/mol. The molecule has 5 nitrogen and oxygen atoms in total. The Hall–Kier alpha value is -2.31. The lowest BCUT2D eigenvalue weighted by atomic mass is 10.1. The van der Waals surface area contributed by atoms with E-state index in [4.69, 9.17) is 33.3 Å². The van der Waals surface area contributed by atoms with Gasteiger partial charge in [-0.05, 0) is 56.5 Å². The summed E-state index contributed by atoms with van der Waals surface area (Å²) in [5, 5.41) is 3.22. The number of carbonyl (C=O) groups excluding carboxylic acids is 1. The molecule has 0 bridgehead atoms. The summed E-state index contributed by atoms with van der Waals surface area (Å²) >= 11 is 11.7. The van der Waals surface area contributed by atoms with Gasteiger partial charge in [-0.15, -0.1) is 0 Å². The zero-order valence-corrected chi connectivity index (χ0v) is 18.0. The summed E-state index contributed by atoms with van der Waals surface area (Å²) in [5.74, 6) is 0.787. The van der Waals surface area contributed by atoms with Gasteiger partial charge in [0.2, 0.25) is 0 Å². The zero-order chi connectivity index (χ0) is 20.6. The largest absolute Gasteiger partial charge is 0.490 e. The zero-order valence-electron chi connectivity index (χ0n) is 16.4. The molecule has 3 rings (SSSR count). The molecule has 0 radical (unpaired) electrons. The number of likely N-dealkylation sites (tertiary alicyclic amines) is 1. The normalized spacial score (nSPS) is 13.7. The molecular formula is C22H25ClN2O3S. The molecule has 0 aliphatic carbocycles. The van der Waals surface area contributed by atoms with Gasteiger partial charge in [-0.1, -0.05) is 36.0 Å². The van der Waals surface area contributed by atoms with Crippen molar-refractivity contribution in [3.63, 3.8) is 0 Å². The molecular weight excluding hydrogens is 408 g/mol. The molecule has 1 N–H and O–H groups in total. The molecule has 2 aromatic rings. The third-order valence-corrected chi connectivity index (χ3v) is 5.46. The fourth-order valence-electron chi connectivity index (χ4n) is 3.20. The van der Waals surface area contributed by atoms with E-state index in [1.807, 2.05) is 19.1 Å². The Morgan fingerprint density at radius 3 is 2.59 bits per heavy atom. The summed E-state index contributed by atoms with van der Waals surface area (Å²) in [6.45, 7) is 4.22. The van der Waals surface area contributed by atoms with E-state index in [1.54, 1.807) is 30.3 Å². The minimum atomic E-state index is -0.298. The van der Waals surface area contributed by atoms with E-state index in [0.717, 1.165) is 23.6 Å². The Morgan fingerprint density at radius 1 is 1.10 bits per heavy atom. The van der Waals surface area contributed by atoms with E-state index in [0.29, 0.717) is 28.8 Å². The molecule has 0 unspecified atom stereocenters. The third-order valence-electron chi connectivity index (χ3n) is 4.64. The van der Waals surface area contributed by atoms with Crippen LogP contribution in [-0.4, -0.2) is 42.1 Å². The highest BCUT2D eigenvalue weighted by atomic mass is 35.5. The molecule has 1 amide bonds. The van der Waals surface area contributed by atoms with E-state index in [2.05, 4.69) is 10.2 Å². The number of rotatable bonds is 7. The molecule has 1 aliphatic heterocycles. The number of hydrogen-bond donors (Lipinski definition) is 1. The number of hydrogen-bond acceptors (Lipinski definition) is 4. The minimum absolute atomic E-state index is 0.152. The summed E-state index contributed by atoms with van der Waals surface area (Å²) in [4.78, 5) is 15.3. The Balaban J connectivity index is 1.66. The van der Waals surface area contributed by atoms with Crippen molar-refractivity contribution in [3.05, 3.63) is 53.1 Å². The quantitative estimate of drug-likeness (QED) is 0.629. The van der Waals surface area contributed by atoms with E-state index in [-0.39, 0.29) is 12.5 Å². The average Bonchev–Trinajstić information content (AvgIpc) is 2.75. The van der Waals surface area contributed by atoms with Crippen molar-refractivity contribution < 1.29 is 14.3 Å². The van der Waals surface area contributed by atoms with Gasteiger partial charge in [0.25, 0.3) is 5.91 Å². The van der Waals surface area contributed by atoms with Crippen LogP contribution in [0.2, 0.25) is 5.02 Å². The van der Waals surface area contributed by atoms with Crippen LogP contribution < -0.4 is 14.8 Å². The highest BCUT2D eigenvalue weighted by Crippen LogP contribution is 2.30. The number of amides is 1. The number of anilines is 1. The predicted octanol–water partition coefficient (Wildman–Crippen LogP) is 4.92. The highest BCUT2D eigenvalue weighted by Gasteiger charge is 2.17. The van der Waals surface area contributed by atoms with Crippen molar-refractivity contribution in [1.29, 1.82) is 0 Å². The van der Waals surface area contributed by atoms with Crippen molar-refractivity contribution in [2.75, 3.05) is 31.6 Å². The second-order valence-corrected chi connectivity index (χ2v) is 7.56. The van der Waals surface area contributed by atoms with Gasteiger partial charge in [0.1, 0.15) is 4.99 Å². The number of nitrogens with one attached hydrogen (secondary N) is 1. The van der Waals surface area contributed by atoms with Gasteiger partial charge in [-0.3, -0.25) is 4.79 Å². The van der Waals surface area contributed by atoms with Gasteiger partial charge in [0.15, 0.2) is 18.1 Å². The summed E-state index contributed by atoms with van der Waals surface area (Å²) in [7, 11) is 0. The second kappa shape index (κ2) is 10.5. The molecule has 0 saturated carbocycles. The fourth-order valence-corrected chi connectivity index (χ4v) is 3.69. The van der Waals surface area contributed by atoms with Gasteiger partial charge in [-0.25, -0.2) is 0 Å². The summed E-state index contributed by atoms with van der Waals surface area (Å²) in [6.07, 6.45) is 3.59. The molecule has 0 aromatic heterocycles. The van der Waals surface area contributed by atoms with Crippen LogP contribution >= 0.6 is 23.8 Å². The molecule has 0 spiro atoms. The Morgan fingerprint density at radius 2 is 1.86 bits per heavy atom.